The van der Waals surface area contributed by atoms with Gasteiger partial charge in [-0.15, -0.1) is 0 Å². The number of hydrogen-bond donors (Lipinski definition) is 2. The lowest BCUT2D eigenvalue weighted by atomic mass is 10.2. The molecule has 0 bridgehead atoms. The van der Waals surface area contributed by atoms with Gasteiger partial charge < -0.3 is 10.1 Å². The number of nitrogens with zero attached hydrogens (tertiary/aromatic N) is 1. The van der Waals surface area contributed by atoms with Crippen LogP contribution in [0.1, 0.15) is 12.0 Å². The SMILES string of the molecule is O=c1[nH]cc([N+](=O)[O-])c(C(F)F)c1O. The number of hydrogen-bond acceptors (Lipinski definition) is 4. The van der Waals surface area contributed by atoms with E-state index in [-0.39, 0.29) is 0 Å². The van der Waals surface area contributed by atoms with Crippen LogP contribution in [0.25, 0.3) is 0 Å². The normalized spacial score (nSPS) is 10.5. The smallest absolute Gasteiger partial charge is 0.298 e. The predicted molar refractivity (Wildman–Crippen MR) is 40.3 cm³/mol. The molecule has 0 fully saturated rings. The van der Waals surface area contributed by atoms with Crippen LogP contribution in [0.3, 0.4) is 0 Å². The van der Waals surface area contributed by atoms with Crippen molar-refractivity contribution < 1.29 is 18.8 Å². The third kappa shape index (κ3) is 1.53. The van der Waals surface area contributed by atoms with Crippen molar-refractivity contribution in [3.8, 4) is 5.75 Å². The highest BCUT2D eigenvalue weighted by molar-refractivity contribution is 5.46. The lowest BCUT2D eigenvalue weighted by Crippen LogP contribution is -2.10. The zero-order valence-corrected chi connectivity index (χ0v) is 6.53. The highest BCUT2D eigenvalue weighted by Crippen LogP contribution is 2.32. The number of halogens is 2. The summed E-state index contributed by atoms with van der Waals surface area (Å²) >= 11 is 0. The standard InChI is InChI=1S/C6H4F2N2O4/c7-5(8)3-2(10(13)14)1-9-6(12)4(3)11/h1,5,11H,(H,9,12). The van der Waals surface area contributed by atoms with Gasteiger partial charge in [0.25, 0.3) is 17.7 Å². The number of nitro groups is 1. The summed E-state index contributed by atoms with van der Waals surface area (Å²) in [6.45, 7) is 0. The summed E-state index contributed by atoms with van der Waals surface area (Å²) in [6.07, 6.45) is -2.76. The van der Waals surface area contributed by atoms with Crippen LogP contribution in [0, 0.1) is 10.1 Å². The highest BCUT2D eigenvalue weighted by Gasteiger charge is 2.27. The Labute approximate surface area is 75.0 Å². The number of nitrogens with one attached hydrogen (secondary N) is 1. The van der Waals surface area contributed by atoms with E-state index in [1.165, 1.54) is 0 Å². The molecule has 2 N–H and O–H groups in total. The van der Waals surface area contributed by atoms with Crippen LogP contribution in [-0.4, -0.2) is 15.0 Å². The molecule has 0 radical (unpaired) electrons. The molecule has 0 spiro atoms. The number of alkyl halides is 2. The van der Waals surface area contributed by atoms with Gasteiger partial charge in [-0.05, 0) is 0 Å². The number of aromatic nitrogens is 1. The van der Waals surface area contributed by atoms with E-state index in [0.29, 0.717) is 6.20 Å². The third-order valence-electron chi connectivity index (χ3n) is 1.50. The molecule has 0 saturated carbocycles. The minimum absolute atomic E-state index is 0.517. The van der Waals surface area contributed by atoms with E-state index in [1.807, 2.05) is 0 Å². The maximum atomic E-state index is 12.2. The van der Waals surface area contributed by atoms with Crippen molar-refractivity contribution in [1.82, 2.24) is 4.98 Å². The summed E-state index contributed by atoms with van der Waals surface area (Å²) in [5.41, 5.74) is -3.47. The summed E-state index contributed by atoms with van der Waals surface area (Å²) in [6, 6.07) is 0. The predicted octanol–water partition coefficient (Wildman–Crippen LogP) is 0.926. The van der Waals surface area contributed by atoms with Crippen LogP contribution in [0.15, 0.2) is 11.0 Å². The lowest BCUT2D eigenvalue weighted by Gasteiger charge is -2.02. The second kappa shape index (κ2) is 3.40. The average molecular weight is 206 g/mol. The van der Waals surface area contributed by atoms with E-state index in [2.05, 4.69) is 0 Å². The molecule has 1 aromatic rings. The monoisotopic (exact) mass is 206 g/mol. The summed E-state index contributed by atoms with van der Waals surface area (Å²) in [5.74, 6) is -1.32. The van der Waals surface area contributed by atoms with E-state index in [1.54, 1.807) is 4.98 Å². The van der Waals surface area contributed by atoms with Crippen molar-refractivity contribution >= 4 is 5.69 Å². The van der Waals surface area contributed by atoms with Crippen LogP contribution in [0.4, 0.5) is 14.5 Å². The van der Waals surface area contributed by atoms with Gasteiger partial charge in [0.2, 0.25) is 0 Å². The fourth-order valence-corrected chi connectivity index (χ4v) is 0.890. The molecule has 14 heavy (non-hydrogen) atoms. The first kappa shape index (κ1) is 10.1. The van der Waals surface area contributed by atoms with Crippen LogP contribution >= 0.6 is 0 Å². The second-order valence-corrected chi connectivity index (χ2v) is 2.32. The minimum Gasteiger partial charge on any atom is -0.503 e. The van der Waals surface area contributed by atoms with Gasteiger partial charge in [-0.3, -0.25) is 14.9 Å². The Balaban J connectivity index is 3.53. The van der Waals surface area contributed by atoms with Crippen molar-refractivity contribution in [2.75, 3.05) is 0 Å². The number of rotatable bonds is 2. The van der Waals surface area contributed by atoms with Gasteiger partial charge in [0, 0.05) is 0 Å². The van der Waals surface area contributed by atoms with Crippen LogP contribution in [-0.2, 0) is 0 Å². The molecule has 1 rings (SSSR count). The molecule has 0 aliphatic heterocycles. The van der Waals surface area contributed by atoms with Gasteiger partial charge in [0.1, 0.15) is 5.56 Å². The molecular weight excluding hydrogens is 202 g/mol. The van der Waals surface area contributed by atoms with Gasteiger partial charge in [0.05, 0.1) is 11.1 Å². The molecule has 0 aliphatic carbocycles. The maximum absolute atomic E-state index is 12.2. The molecule has 0 amide bonds. The van der Waals surface area contributed by atoms with E-state index >= 15 is 0 Å². The zero-order valence-electron chi connectivity index (χ0n) is 6.53. The van der Waals surface area contributed by atoms with Crippen LogP contribution in [0.2, 0.25) is 0 Å². The molecule has 0 saturated heterocycles. The topological polar surface area (TPSA) is 96.2 Å². The van der Waals surface area contributed by atoms with Crippen molar-refractivity contribution in [1.29, 1.82) is 0 Å². The fraction of sp³-hybridized carbons (Fsp3) is 0.167. The Morgan fingerprint density at radius 1 is 1.57 bits per heavy atom. The highest BCUT2D eigenvalue weighted by atomic mass is 19.3. The molecule has 0 unspecified atom stereocenters. The minimum atomic E-state index is -3.28. The summed E-state index contributed by atoms with van der Waals surface area (Å²) in [5, 5.41) is 19.1. The van der Waals surface area contributed by atoms with Gasteiger partial charge in [0.15, 0.2) is 5.75 Å². The molecule has 76 valence electrons. The van der Waals surface area contributed by atoms with Gasteiger partial charge in [-0.25, -0.2) is 8.78 Å². The molecular formula is C6H4F2N2O4. The Morgan fingerprint density at radius 2 is 2.14 bits per heavy atom. The largest absolute Gasteiger partial charge is 0.503 e. The number of aromatic amines is 1. The van der Waals surface area contributed by atoms with Crippen molar-refractivity contribution in [3.63, 3.8) is 0 Å². The van der Waals surface area contributed by atoms with E-state index < -0.39 is 33.9 Å². The van der Waals surface area contributed by atoms with Crippen LogP contribution in [0.5, 0.6) is 5.75 Å². The van der Waals surface area contributed by atoms with Gasteiger partial charge in [-0.2, -0.15) is 0 Å². The van der Waals surface area contributed by atoms with Crippen LogP contribution < -0.4 is 5.56 Å². The first-order chi connectivity index (χ1) is 6.45. The second-order valence-electron chi connectivity index (χ2n) is 2.32. The fourth-order valence-electron chi connectivity index (χ4n) is 0.890. The van der Waals surface area contributed by atoms with Crippen molar-refractivity contribution in [2.24, 2.45) is 0 Å². The summed E-state index contributed by atoms with van der Waals surface area (Å²) < 4.78 is 24.4. The zero-order chi connectivity index (χ0) is 10.9. The maximum Gasteiger partial charge on any atom is 0.298 e. The molecule has 6 nitrogen and oxygen atoms in total. The number of pyridine rings is 1. The summed E-state index contributed by atoms with van der Waals surface area (Å²) in [7, 11) is 0. The number of aromatic hydroxyl groups is 1. The molecule has 1 aromatic heterocycles. The Hall–Kier alpha value is -1.99. The van der Waals surface area contributed by atoms with E-state index in [9.17, 15) is 23.7 Å². The van der Waals surface area contributed by atoms with Crippen molar-refractivity contribution in [2.45, 2.75) is 6.43 Å². The van der Waals surface area contributed by atoms with Gasteiger partial charge >= 0.3 is 0 Å². The molecule has 0 atom stereocenters. The quantitative estimate of drug-likeness (QED) is 0.555. The van der Waals surface area contributed by atoms with Crippen molar-refractivity contribution in [3.05, 3.63) is 32.2 Å². The third-order valence-corrected chi connectivity index (χ3v) is 1.50. The Kier molecular flexibility index (Phi) is 2.45. The van der Waals surface area contributed by atoms with Gasteiger partial charge in [-0.1, -0.05) is 0 Å². The first-order valence-corrected chi connectivity index (χ1v) is 3.32. The summed E-state index contributed by atoms with van der Waals surface area (Å²) in [4.78, 5) is 21.5. The average Bonchev–Trinajstić information content (AvgIpc) is 2.08. The molecule has 8 heteroatoms. The molecule has 0 aliphatic rings. The Bertz CT molecular complexity index is 428. The molecule has 1 heterocycles. The first-order valence-electron chi connectivity index (χ1n) is 3.32. The van der Waals surface area contributed by atoms with E-state index in [0.717, 1.165) is 0 Å². The number of H-pyrrole nitrogens is 1. The molecule has 0 aromatic carbocycles. The lowest BCUT2D eigenvalue weighted by molar-refractivity contribution is -0.386. The van der Waals surface area contributed by atoms with E-state index in [4.69, 9.17) is 5.11 Å². The Morgan fingerprint density at radius 3 is 2.57 bits per heavy atom.